The molecule has 0 saturated carbocycles. The highest BCUT2D eigenvalue weighted by Crippen LogP contribution is 2.38. The highest BCUT2D eigenvalue weighted by molar-refractivity contribution is 6.06. The molecule has 0 aliphatic heterocycles. The van der Waals surface area contributed by atoms with Crippen molar-refractivity contribution in [2.24, 2.45) is 0 Å². The van der Waals surface area contributed by atoms with Crippen molar-refractivity contribution >= 4 is 44.1 Å². The van der Waals surface area contributed by atoms with Crippen LogP contribution in [0.15, 0.2) is 138 Å². The molecule has 0 radical (unpaired) electrons. The Hall–Kier alpha value is -4.82. The molecule has 0 saturated heterocycles. The van der Waals surface area contributed by atoms with Crippen LogP contribution in [0.4, 0.5) is 11.4 Å². The van der Waals surface area contributed by atoms with E-state index in [1.807, 2.05) is 18.2 Å². The lowest BCUT2D eigenvalue weighted by Gasteiger charge is -2.15. The highest BCUT2D eigenvalue weighted by Gasteiger charge is 2.12. The van der Waals surface area contributed by atoms with Crippen molar-refractivity contribution in [2.45, 2.75) is 0 Å². The van der Waals surface area contributed by atoms with Crippen LogP contribution >= 0.6 is 0 Å². The van der Waals surface area contributed by atoms with Crippen LogP contribution in [0.5, 0.6) is 0 Å². The molecule has 0 fully saturated rings. The van der Waals surface area contributed by atoms with E-state index < -0.39 is 0 Å². The Labute approximate surface area is 209 Å². The Bertz CT molecular complexity index is 1850. The van der Waals surface area contributed by atoms with Gasteiger partial charge in [-0.05, 0) is 63.4 Å². The Kier molecular flexibility index (Phi) is 4.82. The third-order valence-corrected chi connectivity index (χ3v) is 6.85. The zero-order valence-electron chi connectivity index (χ0n) is 19.6. The lowest BCUT2D eigenvalue weighted by atomic mass is 9.90. The van der Waals surface area contributed by atoms with E-state index in [0.29, 0.717) is 0 Å². The fourth-order valence-corrected chi connectivity index (χ4v) is 5.13. The van der Waals surface area contributed by atoms with E-state index >= 15 is 0 Å². The molecule has 0 spiro atoms. The predicted octanol–water partition coefficient (Wildman–Crippen LogP) is 9.82. The molecule has 0 unspecified atom stereocenters. The third kappa shape index (κ3) is 3.52. The molecule has 6 aromatic carbocycles. The summed E-state index contributed by atoms with van der Waals surface area (Å²) < 4.78 is 6.06. The van der Waals surface area contributed by atoms with E-state index in [4.69, 9.17) is 4.42 Å². The molecule has 7 rings (SSSR count). The van der Waals surface area contributed by atoms with Gasteiger partial charge in [-0.15, -0.1) is 0 Å². The van der Waals surface area contributed by atoms with Gasteiger partial charge in [-0.1, -0.05) is 97.1 Å². The number of benzene rings is 6. The third-order valence-electron chi connectivity index (χ3n) is 6.85. The fraction of sp³-hybridized carbons (Fsp3) is 0. The van der Waals surface area contributed by atoms with E-state index in [1.165, 1.54) is 33.0 Å². The van der Waals surface area contributed by atoms with E-state index in [1.54, 1.807) is 0 Å². The number of hydrogen-bond acceptors (Lipinski definition) is 2. The molecule has 1 aromatic heterocycles. The number of fused-ring (bicyclic) bond motifs is 4. The lowest BCUT2D eigenvalue weighted by Crippen LogP contribution is -1.91. The topological polar surface area (TPSA) is 25.2 Å². The number of nitrogens with one attached hydrogen (secondary N) is 1. The van der Waals surface area contributed by atoms with E-state index in [-0.39, 0.29) is 0 Å². The molecule has 7 aromatic rings. The average molecular weight is 462 g/mol. The first kappa shape index (κ1) is 20.5. The summed E-state index contributed by atoms with van der Waals surface area (Å²) in [6.45, 7) is 0. The van der Waals surface area contributed by atoms with Crippen molar-refractivity contribution in [2.75, 3.05) is 5.32 Å². The minimum atomic E-state index is 0.890. The Morgan fingerprint density at radius 3 is 2.00 bits per heavy atom. The van der Waals surface area contributed by atoms with Gasteiger partial charge < -0.3 is 9.73 Å². The van der Waals surface area contributed by atoms with Crippen molar-refractivity contribution in [3.8, 4) is 22.3 Å². The summed E-state index contributed by atoms with van der Waals surface area (Å²) in [7, 11) is 0. The fourth-order valence-electron chi connectivity index (χ4n) is 5.13. The Balaban J connectivity index is 1.25. The smallest absolute Gasteiger partial charge is 0.137 e. The van der Waals surface area contributed by atoms with Crippen LogP contribution in [0.25, 0.3) is 55.0 Å². The largest absolute Gasteiger partial charge is 0.456 e. The van der Waals surface area contributed by atoms with Gasteiger partial charge in [0.05, 0.1) is 0 Å². The summed E-state index contributed by atoms with van der Waals surface area (Å²) >= 11 is 0. The van der Waals surface area contributed by atoms with Crippen LogP contribution in [0, 0.1) is 0 Å². The molecule has 0 amide bonds. The number of rotatable bonds is 4. The quantitative estimate of drug-likeness (QED) is 0.282. The van der Waals surface area contributed by atoms with Gasteiger partial charge >= 0.3 is 0 Å². The average Bonchev–Trinajstić information content (AvgIpc) is 3.31. The van der Waals surface area contributed by atoms with Gasteiger partial charge in [0.15, 0.2) is 0 Å². The number of hydrogen-bond donors (Lipinski definition) is 1. The Morgan fingerprint density at radius 1 is 0.444 bits per heavy atom. The van der Waals surface area contributed by atoms with Gasteiger partial charge in [0.2, 0.25) is 0 Å². The summed E-state index contributed by atoms with van der Waals surface area (Å²) in [6, 6.07) is 46.8. The normalized spacial score (nSPS) is 11.3. The zero-order chi connectivity index (χ0) is 23.9. The van der Waals surface area contributed by atoms with Gasteiger partial charge in [0, 0.05) is 28.2 Å². The zero-order valence-corrected chi connectivity index (χ0v) is 19.6. The number of anilines is 2. The summed E-state index contributed by atoms with van der Waals surface area (Å²) in [5.74, 6) is 0. The van der Waals surface area contributed by atoms with Gasteiger partial charge in [-0.3, -0.25) is 0 Å². The molecular weight excluding hydrogens is 438 g/mol. The molecule has 0 atom stereocenters. The van der Waals surface area contributed by atoms with Crippen LogP contribution in [0.3, 0.4) is 0 Å². The van der Waals surface area contributed by atoms with Crippen LogP contribution in [0.1, 0.15) is 0 Å². The monoisotopic (exact) mass is 461 g/mol. The second-order valence-corrected chi connectivity index (χ2v) is 9.09. The second kappa shape index (κ2) is 8.44. The first-order chi connectivity index (χ1) is 17.8. The molecule has 170 valence electrons. The van der Waals surface area contributed by atoms with E-state index in [9.17, 15) is 0 Å². The molecular formula is C34H23NO. The lowest BCUT2D eigenvalue weighted by molar-refractivity contribution is 0.669. The first-order valence-corrected chi connectivity index (χ1v) is 12.2. The van der Waals surface area contributed by atoms with E-state index in [0.717, 1.165) is 33.3 Å². The van der Waals surface area contributed by atoms with Crippen LogP contribution in [-0.2, 0) is 0 Å². The molecule has 0 aliphatic rings. The van der Waals surface area contributed by atoms with Crippen molar-refractivity contribution in [3.63, 3.8) is 0 Å². The Morgan fingerprint density at radius 2 is 1.14 bits per heavy atom. The number of para-hydroxylation sites is 1. The highest BCUT2D eigenvalue weighted by atomic mass is 16.3. The molecule has 0 bridgehead atoms. The molecule has 1 heterocycles. The minimum Gasteiger partial charge on any atom is -0.456 e. The van der Waals surface area contributed by atoms with Crippen molar-refractivity contribution in [3.05, 3.63) is 133 Å². The summed E-state index contributed by atoms with van der Waals surface area (Å²) in [4.78, 5) is 0. The first-order valence-electron chi connectivity index (χ1n) is 12.2. The summed E-state index contributed by atoms with van der Waals surface area (Å²) in [5.41, 5.74) is 8.77. The van der Waals surface area contributed by atoms with Gasteiger partial charge in [0.1, 0.15) is 11.2 Å². The van der Waals surface area contributed by atoms with Crippen LogP contribution in [0.2, 0.25) is 0 Å². The molecule has 36 heavy (non-hydrogen) atoms. The molecule has 0 aliphatic carbocycles. The SMILES string of the molecule is c1ccc(-c2c(-c3ccc(Nc4ccc5c(c4)oc4ccccc45)cc3)ccc3ccccc23)cc1. The van der Waals surface area contributed by atoms with Gasteiger partial charge in [-0.2, -0.15) is 0 Å². The predicted molar refractivity (Wildman–Crippen MR) is 152 cm³/mol. The van der Waals surface area contributed by atoms with E-state index in [2.05, 4.69) is 121 Å². The maximum Gasteiger partial charge on any atom is 0.137 e. The molecule has 2 nitrogen and oxygen atoms in total. The van der Waals surface area contributed by atoms with Crippen molar-refractivity contribution in [1.82, 2.24) is 0 Å². The molecule has 2 heteroatoms. The summed E-state index contributed by atoms with van der Waals surface area (Å²) in [6.07, 6.45) is 0. The van der Waals surface area contributed by atoms with Crippen molar-refractivity contribution in [1.29, 1.82) is 0 Å². The van der Waals surface area contributed by atoms with Crippen LogP contribution < -0.4 is 5.32 Å². The number of furan rings is 1. The van der Waals surface area contributed by atoms with Crippen molar-refractivity contribution < 1.29 is 4.42 Å². The van der Waals surface area contributed by atoms with Gasteiger partial charge in [0.25, 0.3) is 0 Å². The van der Waals surface area contributed by atoms with Crippen LogP contribution in [-0.4, -0.2) is 0 Å². The second-order valence-electron chi connectivity index (χ2n) is 9.09. The maximum absolute atomic E-state index is 6.06. The standard InChI is InChI=1S/C34H23NO/c1-2-9-25(10-3-1)34-28-11-5-4-8-23(28)16-20-29(34)24-14-17-26(18-15-24)35-27-19-21-31-30-12-6-7-13-32(30)36-33(31)22-27/h1-22,35H. The van der Waals surface area contributed by atoms with Gasteiger partial charge in [-0.25, -0.2) is 0 Å². The maximum atomic E-state index is 6.06. The summed E-state index contributed by atoms with van der Waals surface area (Å²) in [5, 5.41) is 8.33. The minimum absolute atomic E-state index is 0.890. The molecule has 1 N–H and O–H groups in total.